The van der Waals surface area contributed by atoms with Gasteiger partial charge in [-0.3, -0.25) is 9.09 Å². The second-order valence-electron chi connectivity index (χ2n) is 9.26. The molecule has 0 aromatic heterocycles. The van der Waals surface area contributed by atoms with E-state index in [2.05, 4.69) is 0 Å². The first kappa shape index (κ1) is 19.6. The van der Waals surface area contributed by atoms with Crippen molar-refractivity contribution in [2.75, 3.05) is 0 Å². The van der Waals surface area contributed by atoms with Crippen molar-refractivity contribution in [1.29, 1.82) is 0 Å². The third-order valence-electron chi connectivity index (χ3n) is 8.02. The van der Waals surface area contributed by atoms with Crippen LogP contribution in [0.3, 0.4) is 0 Å². The molecule has 1 saturated heterocycles. The average Bonchev–Trinajstić information content (AvgIpc) is 2.69. The van der Waals surface area contributed by atoms with Crippen LogP contribution in [0.15, 0.2) is 0 Å². The van der Waals surface area contributed by atoms with Crippen LogP contribution in [-0.2, 0) is 18.2 Å². The Labute approximate surface area is 159 Å². The van der Waals surface area contributed by atoms with Crippen LogP contribution in [0.4, 0.5) is 0 Å². The summed E-state index contributed by atoms with van der Waals surface area (Å²) in [6.45, 7) is 1.98. The summed E-state index contributed by atoms with van der Waals surface area (Å²) in [6.07, 6.45) is 15.0. The molecule has 3 aliphatic carbocycles. The second kappa shape index (κ2) is 7.94. The molecule has 0 spiro atoms. The molecule has 3 saturated carbocycles. The van der Waals surface area contributed by atoms with Gasteiger partial charge in [0.1, 0.15) is 0 Å². The van der Waals surface area contributed by atoms with E-state index in [0.717, 1.165) is 44.9 Å². The van der Waals surface area contributed by atoms with Gasteiger partial charge in [0, 0.05) is 5.66 Å². The maximum absolute atomic E-state index is 14.7. The SMILES string of the molecule is CC(OP=O)(C1CCCCC1)P1(=O)OC2CCCCC2C2CCCCC21. The summed E-state index contributed by atoms with van der Waals surface area (Å²) < 4.78 is 38.7. The van der Waals surface area contributed by atoms with Gasteiger partial charge in [0.25, 0.3) is 0 Å². The van der Waals surface area contributed by atoms with Crippen molar-refractivity contribution in [3.8, 4) is 0 Å². The van der Waals surface area contributed by atoms with Gasteiger partial charge in [0.05, 0.1) is 6.10 Å². The molecule has 0 aromatic carbocycles. The largest absolute Gasteiger partial charge is 0.328 e. The molecular formula is C20H34O4P2. The van der Waals surface area contributed by atoms with Crippen LogP contribution in [0.25, 0.3) is 0 Å². The van der Waals surface area contributed by atoms with Gasteiger partial charge in [-0.15, -0.1) is 0 Å². The first-order chi connectivity index (χ1) is 12.6. The van der Waals surface area contributed by atoms with E-state index in [0.29, 0.717) is 11.8 Å². The zero-order valence-corrected chi connectivity index (χ0v) is 17.9. The van der Waals surface area contributed by atoms with Crippen LogP contribution >= 0.6 is 16.1 Å². The molecular weight excluding hydrogens is 366 g/mol. The molecule has 0 N–H and O–H groups in total. The summed E-state index contributed by atoms with van der Waals surface area (Å²) in [5.41, 5.74) is 0.115. The molecule has 0 amide bonds. The van der Waals surface area contributed by atoms with Crippen molar-refractivity contribution in [2.24, 2.45) is 17.8 Å². The predicted molar refractivity (Wildman–Crippen MR) is 104 cm³/mol. The predicted octanol–water partition coefficient (Wildman–Crippen LogP) is 6.93. The molecule has 4 rings (SSSR count). The van der Waals surface area contributed by atoms with Gasteiger partial charge in [-0.2, -0.15) is 0 Å². The quantitative estimate of drug-likeness (QED) is 0.480. The van der Waals surface area contributed by atoms with E-state index in [-0.39, 0.29) is 26.4 Å². The zero-order valence-electron chi connectivity index (χ0n) is 16.1. The van der Waals surface area contributed by atoms with Crippen molar-refractivity contribution < 1.29 is 18.2 Å². The van der Waals surface area contributed by atoms with Gasteiger partial charge < -0.3 is 4.52 Å². The van der Waals surface area contributed by atoms with Crippen LogP contribution in [0.2, 0.25) is 0 Å². The summed E-state index contributed by atoms with van der Waals surface area (Å²) in [5, 5.41) is -0.889. The highest BCUT2D eigenvalue weighted by atomic mass is 31.2. The topological polar surface area (TPSA) is 52.6 Å². The zero-order chi connectivity index (χ0) is 18.2. The number of hydrogen-bond donors (Lipinski definition) is 0. The number of fused-ring (bicyclic) bond motifs is 3. The van der Waals surface area contributed by atoms with Crippen molar-refractivity contribution in [1.82, 2.24) is 0 Å². The lowest BCUT2D eigenvalue weighted by molar-refractivity contribution is -0.0110. The van der Waals surface area contributed by atoms with E-state index in [9.17, 15) is 9.13 Å². The molecule has 26 heavy (non-hydrogen) atoms. The molecule has 1 heterocycles. The van der Waals surface area contributed by atoms with Gasteiger partial charge >= 0.3 is 8.69 Å². The molecule has 4 nitrogen and oxygen atoms in total. The first-order valence-corrected chi connectivity index (χ1v) is 13.3. The molecule has 1 aliphatic heterocycles. The van der Waals surface area contributed by atoms with Crippen molar-refractivity contribution >= 4 is 16.1 Å². The molecule has 0 bridgehead atoms. The Morgan fingerprint density at radius 3 is 2.23 bits per heavy atom. The molecule has 4 fully saturated rings. The van der Waals surface area contributed by atoms with Gasteiger partial charge in [0.15, 0.2) is 5.34 Å². The minimum absolute atomic E-state index is 0.115. The third-order valence-corrected chi connectivity index (χ3v) is 12.4. The number of hydrogen-bond acceptors (Lipinski definition) is 4. The lowest BCUT2D eigenvalue weighted by atomic mass is 9.71. The average molecular weight is 400 g/mol. The smallest absolute Gasteiger partial charge is 0.323 e. The van der Waals surface area contributed by atoms with Crippen molar-refractivity contribution in [2.45, 2.75) is 107 Å². The fraction of sp³-hybridized carbons (Fsp3) is 1.00. The monoisotopic (exact) mass is 400 g/mol. The minimum atomic E-state index is -3.07. The molecule has 0 aromatic rings. The molecule has 0 radical (unpaired) electrons. The van der Waals surface area contributed by atoms with Gasteiger partial charge in [-0.25, -0.2) is 4.57 Å². The Morgan fingerprint density at radius 1 is 0.885 bits per heavy atom. The highest BCUT2D eigenvalue weighted by molar-refractivity contribution is 7.61. The summed E-state index contributed by atoms with van der Waals surface area (Å²) in [5.74, 6) is 1.30. The second-order valence-corrected chi connectivity index (χ2v) is 12.5. The maximum Gasteiger partial charge on any atom is 0.328 e. The van der Waals surface area contributed by atoms with Crippen LogP contribution in [-0.4, -0.2) is 17.1 Å². The van der Waals surface area contributed by atoms with Crippen molar-refractivity contribution in [3.05, 3.63) is 0 Å². The highest BCUT2D eigenvalue weighted by Crippen LogP contribution is 2.75. The summed E-state index contributed by atoms with van der Waals surface area (Å²) in [7, 11) is -3.42. The third kappa shape index (κ3) is 3.18. The molecule has 6 atom stereocenters. The Balaban J connectivity index is 1.72. The van der Waals surface area contributed by atoms with Crippen LogP contribution in [0, 0.1) is 17.8 Å². The molecule has 148 valence electrons. The van der Waals surface area contributed by atoms with Crippen LogP contribution < -0.4 is 0 Å². The van der Waals surface area contributed by atoms with E-state index in [1.807, 2.05) is 6.92 Å². The Kier molecular flexibility index (Phi) is 5.97. The summed E-state index contributed by atoms with van der Waals surface area (Å²) >= 11 is 0. The normalized spacial score (nSPS) is 44.0. The van der Waals surface area contributed by atoms with E-state index >= 15 is 0 Å². The van der Waals surface area contributed by atoms with E-state index in [1.165, 1.54) is 38.5 Å². The van der Waals surface area contributed by atoms with Crippen LogP contribution in [0.1, 0.15) is 90.4 Å². The number of rotatable bonds is 4. The lowest BCUT2D eigenvalue weighted by Crippen LogP contribution is -2.51. The van der Waals surface area contributed by atoms with Crippen LogP contribution in [0.5, 0.6) is 0 Å². The maximum atomic E-state index is 14.7. The Hall–Kier alpha value is 0.250. The first-order valence-electron chi connectivity index (χ1n) is 10.9. The summed E-state index contributed by atoms with van der Waals surface area (Å²) in [6, 6.07) is 0. The fourth-order valence-corrected chi connectivity index (χ4v) is 11.3. The standard InChI is InChI=1S/C20H34O4P2/c1-20(24-25-21,15-9-3-2-4-10-15)26(22)19-14-8-6-12-17(19)16-11-5-7-13-18(16)23-26/h15-19H,2-14H2,1H3. The Morgan fingerprint density at radius 2 is 1.50 bits per heavy atom. The van der Waals surface area contributed by atoms with E-state index in [4.69, 9.17) is 9.05 Å². The molecule has 4 aliphatic rings. The fourth-order valence-electron chi connectivity index (χ4n) is 6.62. The van der Waals surface area contributed by atoms with Crippen molar-refractivity contribution in [3.63, 3.8) is 0 Å². The van der Waals surface area contributed by atoms with Gasteiger partial charge in [0.2, 0.25) is 7.37 Å². The van der Waals surface area contributed by atoms with Gasteiger partial charge in [-0.1, -0.05) is 44.9 Å². The minimum Gasteiger partial charge on any atom is -0.323 e. The highest BCUT2D eigenvalue weighted by Gasteiger charge is 2.63. The molecule has 6 unspecified atom stereocenters. The lowest BCUT2D eigenvalue weighted by Gasteiger charge is -2.56. The van der Waals surface area contributed by atoms with Gasteiger partial charge in [-0.05, 0) is 63.2 Å². The van der Waals surface area contributed by atoms with E-state index < -0.39 is 12.7 Å². The Bertz CT molecular complexity index is 562. The summed E-state index contributed by atoms with van der Waals surface area (Å²) in [4.78, 5) is 0. The molecule has 6 heteroatoms. The van der Waals surface area contributed by atoms with E-state index in [1.54, 1.807) is 0 Å².